The highest BCUT2D eigenvalue weighted by Crippen LogP contribution is 2.36. The molecule has 10 heteroatoms. The molecule has 2 aromatic carbocycles. The number of nitrogens with one attached hydrogen (secondary N) is 1. The minimum Gasteiger partial charge on any atom is -0.297 e. The third-order valence-electron chi connectivity index (χ3n) is 3.81. The van der Waals surface area contributed by atoms with Gasteiger partial charge in [-0.05, 0) is 36.4 Å². The molecule has 2 aromatic heterocycles. The lowest BCUT2D eigenvalue weighted by atomic mass is 10.2. The second kappa shape index (κ2) is 6.52. The summed E-state index contributed by atoms with van der Waals surface area (Å²) in [5.41, 5.74) is 0.576. The molecule has 0 unspecified atom stereocenters. The smallest absolute Gasteiger partial charge is 0.269 e. The van der Waals surface area contributed by atoms with Gasteiger partial charge in [0, 0.05) is 16.3 Å². The highest BCUT2D eigenvalue weighted by atomic mass is 35.5. The van der Waals surface area contributed by atoms with Gasteiger partial charge in [0.1, 0.15) is 10.7 Å². The first-order chi connectivity index (χ1) is 12.7. The molecule has 0 atom stereocenters. The number of hydrogen-bond acceptors (Lipinski definition) is 6. The molecule has 0 saturated carbocycles. The molecule has 0 fully saturated rings. The summed E-state index contributed by atoms with van der Waals surface area (Å²) in [5.74, 6) is -0.857. The summed E-state index contributed by atoms with van der Waals surface area (Å²) in [6, 6.07) is 8.73. The molecule has 4 aromatic rings. The van der Waals surface area contributed by atoms with Crippen molar-refractivity contribution in [2.24, 2.45) is 0 Å². The van der Waals surface area contributed by atoms with Gasteiger partial charge in [0.15, 0.2) is 15.0 Å². The Balaban J connectivity index is 1.67. The fourth-order valence-electron chi connectivity index (χ4n) is 2.53. The van der Waals surface area contributed by atoms with Gasteiger partial charge in [-0.3, -0.25) is 10.1 Å². The van der Waals surface area contributed by atoms with Crippen molar-refractivity contribution in [2.75, 3.05) is 11.6 Å². The number of carbonyl (C=O) groups excluding carboxylic acids is 1. The van der Waals surface area contributed by atoms with Crippen LogP contribution in [0.5, 0.6) is 0 Å². The topological polar surface area (TPSA) is 76.1 Å². The summed E-state index contributed by atoms with van der Waals surface area (Å²) in [5, 5.41) is 3.86. The van der Waals surface area contributed by atoms with Crippen molar-refractivity contribution in [1.82, 2.24) is 4.98 Å². The molecule has 4 rings (SSSR count). The first-order valence-electron chi connectivity index (χ1n) is 7.52. The van der Waals surface area contributed by atoms with Crippen LogP contribution in [0.2, 0.25) is 5.02 Å². The zero-order valence-electron chi connectivity index (χ0n) is 13.6. The second-order valence-corrected chi connectivity index (χ2v) is 10.2. The SMILES string of the molecule is CS(=O)(=O)c1ccc2nc(NC(=O)c3sc4cc(F)ccc4c3Cl)sc2c1. The van der Waals surface area contributed by atoms with E-state index in [0.717, 1.165) is 28.9 Å². The number of carbonyl (C=O) groups is 1. The van der Waals surface area contributed by atoms with E-state index in [1.807, 2.05) is 0 Å². The average molecular weight is 441 g/mol. The van der Waals surface area contributed by atoms with Crippen molar-refractivity contribution in [3.05, 3.63) is 52.1 Å². The van der Waals surface area contributed by atoms with E-state index < -0.39 is 21.6 Å². The predicted molar refractivity (Wildman–Crippen MR) is 107 cm³/mol. The maximum atomic E-state index is 13.4. The molecule has 0 aliphatic carbocycles. The molecule has 1 amide bonds. The molecular weight excluding hydrogens is 431 g/mol. The fourth-order valence-corrected chi connectivity index (χ4v) is 5.59. The van der Waals surface area contributed by atoms with Crippen molar-refractivity contribution >= 4 is 75.5 Å². The zero-order valence-corrected chi connectivity index (χ0v) is 16.8. The van der Waals surface area contributed by atoms with Crippen LogP contribution in [0.1, 0.15) is 9.67 Å². The number of hydrogen-bond donors (Lipinski definition) is 1. The Morgan fingerprint density at radius 3 is 2.67 bits per heavy atom. The summed E-state index contributed by atoms with van der Waals surface area (Å²) in [6.07, 6.45) is 1.13. The van der Waals surface area contributed by atoms with Crippen molar-refractivity contribution in [1.29, 1.82) is 0 Å². The summed E-state index contributed by atoms with van der Waals surface area (Å²) in [7, 11) is -3.33. The molecule has 0 spiro atoms. The van der Waals surface area contributed by atoms with Crippen molar-refractivity contribution < 1.29 is 17.6 Å². The maximum Gasteiger partial charge on any atom is 0.269 e. The van der Waals surface area contributed by atoms with Gasteiger partial charge in [-0.2, -0.15) is 0 Å². The summed E-state index contributed by atoms with van der Waals surface area (Å²) >= 11 is 8.52. The third kappa shape index (κ3) is 3.43. The summed E-state index contributed by atoms with van der Waals surface area (Å²) in [4.78, 5) is 17.3. The minimum absolute atomic E-state index is 0.186. The number of nitrogens with zero attached hydrogens (tertiary/aromatic N) is 1. The molecule has 0 bridgehead atoms. The van der Waals surface area contributed by atoms with Crippen LogP contribution in [0, 0.1) is 5.82 Å². The molecular formula is C17H10ClFN2O3S3. The highest BCUT2D eigenvalue weighted by molar-refractivity contribution is 7.90. The normalized spacial score (nSPS) is 12.0. The van der Waals surface area contributed by atoms with Gasteiger partial charge in [0.2, 0.25) is 0 Å². The number of anilines is 1. The molecule has 0 aliphatic rings. The van der Waals surface area contributed by atoms with Crippen molar-refractivity contribution in [2.45, 2.75) is 4.90 Å². The van der Waals surface area contributed by atoms with Crippen LogP contribution < -0.4 is 5.32 Å². The molecule has 27 heavy (non-hydrogen) atoms. The van der Waals surface area contributed by atoms with Crippen LogP contribution in [0.25, 0.3) is 20.3 Å². The van der Waals surface area contributed by atoms with E-state index in [9.17, 15) is 17.6 Å². The van der Waals surface area contributed by atoms with Crippen LogP contribution in [0.4, 0.5) is 9.52 Å². The standard InChI is InChI=1S/C17H10ClFN2O3S3/c1-27(23,24)9-3-5-11-13(7-9)26-17(20-11)21-16(22)15-14(18)10-4-2-8(19)6-12(10)25-15/h2-7H,1H3,(H,20,21,22). The van der Waals surface area contributed by atoms with Gasteiger partial charge in [-0.15, -0.1) is 11.3 Å². The largest absolute Gasteiger partial charge is 0.297 e. The van der Waals surface area contributed by atoms with Crippen LogP contribution in [0.15, 0.2) is 41.3 Å². The number of aromatic nitrogens is 1. The van der Waals surface area contributed by atoms with Crippen molar-refractivity contribution in [3.8, 4) is 0 Å². The summed E-state index contributed by atoms with van der Waals surface area (Å²) in [6.45, 7) is 0. The number of amides is 1. The number of fused-ring (bicyclic) bond motifs is 2. The van der Waals surface area contributed by atoms with E-state index in [2.05, 4.69) is 10.3 Å². The van der Waals surface area contributed by atoms with E-state index in [1.165, 1.54) is 30.3 Å². The van der Waals surface area contributed by atoms with Gasteiger partial charge in [0.05, 0.1) is 20.1 Å². The van der Waals surface area contributed by atoms with Crippen molar-refractivity contribution in [3.63, 3.8) is 0 Å². The monoisotopic (exact) mass is 440 g/mol. The highest BCUT2D eigenvalue weighted by Gasteiger charge is 2.19. The molecule has 5 nitrogen and oxygen atoms in total. The predicted octanol–water partition coefficient (Wildman–Crippen LogP) is 4.96. The number of benzene rings is 2. The number of rotatable bonds is 3. The van der Waals surface area contributed by atoms with Gasteiger partial charge < -0.3 is 0 Å². The van der Waals surface area contributed by atoms with E-state index >= 15 is 0 Å². The van der Waals surface area contributed by atoms with Gasteiger partial charge in [-0.1, -0.05) is 22.9 Å². The Kier molecular flexibility index (Phi) is 4.42. The Morgan fingerprint density at radius 1 is 1.15 bits per heavy atom. The molecule has 0 saturated heterocycles. The second-order valence-electron chi connectivity index (χ2n) is 5.76. The lowest BCUT2D eigenvalue weighted by molar-refractivity contribution is 0.103. The average Bonchev–Trinajstić information content (AvgIpc) is 3.13. The van der Waals surface area contributed by atoms with E-state index in [1.54, 1.807) is 6.07 Å². The number of thiophene rings is 1. The molecule has 0 radical (unpaired) electrons. The fraction of sp³-hybridized carbons (Fsp3) is 0.0588. The number of halogens is 2. The van der Waals surface area contributed by atoms with Crippen LogP contribution in [-0.2, 0) is 9.84 Å². The van der Waals surface area contributed by atoms with Gasteiger partial charge in [-0.25, -0.2) is 17.8 Å². The van der Waals surface area contributed by atoms with Crippen LogP contribution >= 0.6 is 34.3 Å². The summed E-state index contributed by atoms with van der Waals surface area (Å²) < 4.78 is 37.9. The van der Waals surface area contributed by atoms with E-state index in [0.29, 0.717) is 25.4 Å². The van der Waals surface area contributed by atoms with Gasteiger partial charge in [0.25, 0.3) is 5.91 Å². The number of sulfone groups is 1. The van der Waals surface area contributed by atoms with Crippen LogP contribution in [-0.4, -0.2) is 25.6 Å². The molecule has 138 valence electrons. The lowest BCUT2D eigenvalue weighted by Gasteiger charge is -1.98. The third-order valence-corrected chi connectivity index (χ3v) is 7.51. The molecule has 1 N–H and O–H groups in total. The van der Waals surface area contributed by atoms with E-state index in [-0.39, 0.29) is 14.8 Å². The lowest BCUT2D eigenvalue weighted by Crippen LogP contribution is -2.10. The number of thiazole rings is 1. The zero-order chi connectivity index (χ0) is 19.3. The Labute approximate surface area is 166 Å². The first-order valence-corrected chi connectivity index (χ1v) is 11.4. The van der Waals surface area contributed by atoms with E-state index in [4.69, 9.17) is 11.6 Å². The quantitative estimate of drug-likeness (QED) is 0.488. The Bertz CT molecular complexity index is 1330. The molecule has 0 aliphatic heterocycles. The first kappa shape index (κ1) is 18.3. The Morgan fingerprint density at radius 2 is 1.93 bits per heavy atom. The van der Waals surface area contributed by atoms with Crippen LogP contribution in [0.3, 0.4) is 0 Å². The minimum atomic E-state index is -3.33. The maximum absolute atomic E-state index is 13.4. The molecule has 2 heterocycles. The Hall–Kier alpha value is -2.07. The van der Waals surface area contributed by atoms with Gasteiger partial charge >= 0.3 is 0 Å².